The Balaban J connectivity index is 2.57. The number of esters is 1. The molecule has 1 heterocycles. The molecule has 0 spiro atoms. The van der Waals surface area contributed by atoms with Crippen molar-refractivity contribution in [2.24, 2.45) is 0 Å². The van der Waals surface area contributed by atoms with Crippen LogP contribution in [0.1, 0.15) is 17.3 Å². The van der Waals surface area contributed by atoms with Crippen LogP contribution in [0.25, 0.3) is 0 Å². The van der Waals surface area contributed by atoms with Crippen molar-refractivity contribution in [3.8, 4) is 11.8 Å². The predicted octanol–water partition coefficient (Wildman–Crippen LogP) is 2.69. The average molecular weight is 259 g/mol. The maximum Gasteiger partial charge on any atom is 0.341 e. The average Bonchev–Trinajstić information content (AvgIpc) is 2.52. The van der Waals surface area contributed by atoms with Crippen LogP contribution >= 0.6 is 27.3 Å². The highest BCUT2D eigenvalue weighted by Gasteiger charge is 2.11. The van der Waals surface area contributed by atoms with Gasteiger partial charge in [0.25, 0.3) is 0 Å². The zero-order chi connectivity index (χ0) is 9.68. The molecule has 0 radical (unpaired) electrons. The molecule has 0 unspecified atom stereocenters. The fourth-order valence-electron chi connectivity index (χ4n) is 0.679. The van der Waals surface area contributed by atoms with Gasteiger partial charge in [-0.05, 0) is 22.9 Å². The molecule has 0 saturated heterocycles. The van der Waals surface area contributed by atoms with Gasteiger partial charge in [0.1, 0.15) is 0 Å². The predicted molar refractivity (Wildman–Crippen MR) is 55.8 cm³/mol. The Bertz CT molecular complexity index is 359. The second-order valence-electron chi connectivity index (χ2n) is 2.14. The lowest BCUT2D eigenvalue weighted by molar-refractivity contribution is 0.0556. The molecule has 0 amide bonds. The van der Waals surface area contributed by atoms with Gasteiger partial charge in [-0.2, -0.15) is 11.3 Å². The summed E-state index contributed by atoms with van der Waals surface area (Å²) in [5, 5.41) is 3.58. The summed E-state index contributed by atoms with van der Waals surface area (Å²) in [6.07, 6.45) is 0. The molecule has 13 heavy (non-hydrogen) atoms. The van der Waals surface area contributed by atoms with E-state index in [2.05, 4.69) is 27.8 Å². The third kappa shape index (κ3) is 2.87. The molecule has 0 aliphatic carbocycles. The molecule has 1 aromatic rings. The van der Waals surface area contributed by atoms with Crippen LogP contribution in [0.4, 0.5) is 0 Å². The first kappa shape index (κ1) is 10.3. The number of carbonyl (C=O) groups is 1. The molecule has 0 atom stereocenters. The number of hydrogen-bond acceptors (Lipinski definition) is 3. The lowest BCUT2D eigenvalue weighted by Crippen LogP contribution is -2.04. The molecule has 0 aliphatic heterocycles. The van der Waals surface area contributed by atoms with E-state index in [4.69, 9.17) is 4.74 Å². The van der Waals surface area contributed by atoms with Crippen molar-refractivity contribution in [1.82, 2.24) is 0 Å². The zero-order valence-corrected chi connectivity index (χ0v) is 9.37. The van der Waals surface area contributed by atoms with Gasteiger partial charge >= 0.3 is 5.97 Å². The summed E-state index contributed by atoms with van der Waals surface area (Å²) in [6, 6.07) is 0. The number of hydrogen-bond donors (Lipinski definition) is 0. The molecule has 2 nitrogen and oxygen atoms in total. The summed E-state index contributed by atoms with van der Waals surface area (Å²) in [5.41, 5.74) is 0.558. The minimum Gasteiger partial charge on any atom is -0.449 e. The first-order valence-electron chi connectivity index (χ1n) is 3.54. The molecular formula is C9H7BrO2S. The van der Waals surface area contributed by atoms with Crippen molar-refractivity contribution in [3.63, 3.8) is 0 Å². The van der Waals surface area contributed by atoms with Crippen molar-refractivity contribution in [1.29, 1.82) is 0 Å². The third-order valence-electron chi connectivity index (χ3n) is 1.29. The van der Waals surface area contributed by atoms with E-state index >= 15 is 0 Å². The van der Waals surface area contributed by atoms with Crippen LogP contribution in [0.3, 0.4) is 0 Å². The van der Waals surface area contributed by atoms with Gasteiger partial charge in [-0.15, -0.1) is 5.92 Å². The third-order valence-corrected chi connectivity index (χ3v) is 2.99. The highest BCUT2D eigenvalue weighted by molar-refractivity contribution is 9.10. The van der Waals surface area contributed by atoms with Gasteiger partial charge in [0, 0.05) is 15.2 Å². The van der Waals surface area contributed by atoms with E-state index < -0.39 is 0 Å². The monoisotopic (exact) mass is 258 g/mol. The number of thiophene rings is 1. The number of rotatable bonds is 2. The van der Waals surface area contributed by atoms with Crippen LogP contribution in [-0.4, -0.2) is 12.6 Å². The topological polar surface area (TPSA) is 26.3 Å². The standard InChI is InChI=1S/C9H7BrO2S/c1-2-3-4-12-9(11)7-5-13-6-8(7)10/h5-6H,4H2,1H3. The van der Waals surface area contributed by atoms with Gasteiger partial charge in [-0.3, -0.25) is 0 Å². The summed E-state index contributed by atoms with van der Waals surface area (Å²) < 4.78 is 5.64. The zero-order valence-electron chi connectivity index (χ0n) is 6.96. The van der Waals surface area contributed by atoms with E-state index in [1.807, 2.05) is 5.38 Å². The van der Waals surface area contributed by atoms with Crippen LogP contribution in [-0.2, 0) is 4.74 Å². The Hall–Kier alpha value is -0.790. The highest BCUT2D eigenvalue weighted by Crippen LogP contribution is 2.21. The highest BCUT2D eigenvalue weighted by atomic mass is 79.9. The molecule has 0 saturated carbocycles. The molecule has 0 bridgehead atoms. The van der Waals surface area contributed by atoms with Crippen LogP contribution in [0.5, 0.6) is 0 Å². The molecule has 0 aromatic carbocycles. The van der Waals surface area contributed by atoms with Crippen molar-refractivity contribution in [3.05, 3.63) is 20.8 Å². The lowest BCUT2D eigenvalue weighted by Gasteiger charge is -1.97. The summed E-state index contributed by atoms with van der Waals surface area (Å²) in [5.74, 6) is 4.97. The maximum atomic E-state index is 11.3. The minimum atomic E-state index is -0.337. The van der Waals surface area contributed by atoms with E-state index in [-0.39, 0.29) is 12.6 Å². The van der Waals surface area contributed by atoms with E-state index in [1.54, 1.807) is 12.3 Å². The Labute approximate surface area is 89.0 Å². The van der Waals surface area contributed by atoms with Gasteiger partial charge in [-0.1, -0.05) is 5.92 Å². The minimum absolute atomic E-state index is 0.150. The Kier molecular flexibility index (Phi) is 4.00. The second-order valence-corrected chi connectivity index (χ2v) is 3.73. The molecule has 1 aromatic heterocycles. The molecule has 68 valence electrons. The lowest BCUT2D eigenvalue weighted by atomic mass is 10.3. The largest absolute Gasteiger partial charge is 0.449 e. The van der Waals surface area contributed by atoms with Gasteiger partial charge in [-0.25, -0.2) is 4.79 Å². The van der Waals surface area contributed by atoms with Gasteiger partial charge in [0.15, 0.2) is 6.61 Å². The molecule has 0 N–H and O–H groups in total. The molecule has 0 fully saturated rings. The molecule has 0 aliphatic rings. The Morgan fingerprint density at radius 1 is 1.69 bits per heavy atom. The first-order chi connectivity index (χ1) is 6.25. The smallest absolute Gasteiger partial charge is 0.341 e. The van der Waals surface area contributed by atoms with Crippen LogP contribution in [0, 0.1) is 11.8 Å². The normalized spacial score (nSPS) is 8.77. The fraction of sp³-hybridized carbons (Fsp3) is 0.222. The fourth-order valence-corrected chi connectivity index (χ4v) is 2.10. The summed E-state index contributed by atoms with van der Waals surface area (Å²) in [6.45, 7) is 1.85. The quantitative estimate of drug-likeness (QED) is 0.603. The Morgan fingerprint density at radius 2 is 2.46 bits per heavy atom. The van der Waals surface area contributed by atoms with Gasteiger partial charge < -0.3 is 4.74 Å². The van der Waals surface area contributed by atoms with E-state index in [1.165, 1.54) is 11.3 Å². The number of halogens is 1. The van der Waals surface area contributed by atoms with Gasteiger partial charge in [0.2, 0.25) is 0 Å². The maximum absolute atomic E-state index is 11.3. The van der Waals surface area contributed by atoms with Crippen molar-refractivity contribution in [2.45, 2.75) is 6.92 Å². The van der Waals surface area contributed by atoms with Crippen LogP contribution in [0.15, 0.2) is 15.2 Å². The SMILES string of the molecule is CC#CCOC(=O)c1cscc1Br. The van der Waals surface area contributed by atoms with Crippen molar-refractivity contribution in [2.75, 3.05) is 6.61 Å². The van der Waals surface area contributed by atoms with Gasteiger partial charge in [0.05, 0.1) is 5.56 Å². The molecule has 4 heteroatoms. The Morgan fingerprint density at radius 3 is 3.00 bits per heavy atom. The summed E-state index contributed by atoms with van der Waals surface area (Å²) in [4.78, 5) is 11.3. The number of carbonyl (C=O) groups excluding carboxylic acids is 1. The second kappa shape index (κ2) is 5.05. The molecular weight excluding hydrogens is 252 g/mol. The first-order valence-corrected chi connectivity index (χ1v) is 5.27. The van der Waals surface area contributed by atoms with Crippen LogP contribution in [0.2, 0.25) is 0 Å². The van der Waals surface area contributed by atoms with Crippen LogP contribution < -0.4 is 0 Å². The molecule has 1 rings (SSSR count). The van der Waals surface area contributed by atoms with Crippen molar-refractivity contribution < 1.29 is 9.53 Å². The summed E-state index contributed by atoms with van der Waals surface area (Å²) in [7, 11) is 0. The van der Waals surface area contributed by atoms with E-state index in [0.717, 1.165) is 4.47 Å². The van der Waals surface area contributed by atoms with Crippen molar-refractivity contribution >= 4 is 33.2 Å². The van der Waals surface area contributed by atoms with E-state index in [9.17, 15) is 4.79 Å². The summed E-state index contributed by atoms with van der Waals surface area (Å²) >= 11 is 4.70. The number of ether oxygens (including phenoxy) is 1. The van der Waals surface area contributed by atoms with E-state index in [0.29, 0.717) is 5.56 Å².